The molecule has 0 saturated heterocycles. The van der Waals surface area contributed by atoms with Crippen molar-refractivity contribution in [1.82, 2.24) is 10.2 Å². The number of carbonyl (C=O) groups excluding carboxylic acids is 3. The Kier molecular flexibility index (Phi) is 5.87. The summed E-state index contributed by atoms with van der Waals surface area (Å²) in [5.41, 5.74) is -0.315. The molecule has 2 amide bonds. The predicted molar refractivity (Wildman–Crippen MR) is 110 cm³/mol. The molecule has 2 atom stereocenters. The smallest absolute Gasteiger partial charge is 0.306 e. The van der Waals surface area contributed by atoms with Crippen LogP contribution in [0.1, 0.15) is 65.7 Å². The summed E-state index contributed by atoms with van der Waals surface area (Å²) in [5.74, 6) is 0.537. The van der Waals surface area contributed by atoms with Gasteiger partial charge in [-0.15, -0.1) is 0 Å². The molecule has 4 aliphatic rings. The molecule has 4 saturated carbocycles. The molecule has 6 nitrogen and oxygen atoms in total. The first-order valence-electron chi connectivity index (χ1n) is 10.3. The van der Waals surface area contributed by atoms with Gasteiger partial charge >= 0.3 is 5.97 Å². The SMILES string of the molecule is CN(CC(=O)NC(C)(C)C)C(=O)COC(=O)CC12CC3CC(CC(Br)(C3)C1)C2. The Morgan fingerprint density at radius 3 is 2.29 bits per heavy atom. The summed E-state index contributed by atoms with van der Waals surface area (Å²) >= 11 is 3.96. The van der Waals surface area contributed by atoms with Crippen LogP contribution in [0.3, 0.4) is 0 Å². The first-order valence-corrected chi connectivity index (χ1v) is 11.1. The highest BCUT2D eigenvalue weighted by atomic mass is 79.9. The normalized spacial score (nSPS) is 33.5. The summed E-state index contributed by atoms with van der Waals surface area (Å²) in [6.07, 6.45) is 7.38. The van der Waals surface area contributed by atoms with Crippen molar-refractivity contribution in [2.75, 3.05) is 20.2 Å². The highest BCUT2D eigenvalue weighted by Crippen LogP contribution is 2.65. The zero-order chi connectivity index (χ0) is 20.7. The van der Waals surface area contributed by atoms with E-state index in [1.165, 1.54) is 24.2 Å². The second-order valence-electron chi connectivity index (χ2n) is 10.5. The maximum Gasteiger partial charge on any atom is 0.306 e. The third-order valence-corrected chi connectivity index (χ3v) is 7.24. The number of likely N-dealkylation sites (N-methyl/N-ethyl adjacent to an activating group) is 1. The zero-order valence-electron chi connectivity index (χ0n) is 17.5. The first kappa shape index (κ1) is 21.6. The second kappa shape index (κ2) is 7.62. The summed E-state index contributed by atoms with van der Waals surface area (Å²) in [6.45, 7) is 5.30. The number of nitrogens with one attached hydrogen (secondary N) is 1. The van der Waals surface area contributed by atoms with E-state index in [0.29, 0.717) is 18.3 Å². The van der Waals surface area contributed by atoms with Gasteiger partial charge in [-0.2, -0.15) is 0 Å². The molecular weight excluding hydrogens is 424 g/mol. The maximum absolute atomic E-state index is 12.5. The van der Waals surface area contributed by atoms with Gasteiger partial charge in [-0.25, -0.2) is 0 Å². The van der Waals surface area contributed by atoms with Crippen LogP contribution in [0.2, 0.25) is 0 Å². The van der Waals surface area contributed by atoms with Crippen LogP contribution in [0, 0.1) is 17.3 Å². The molecule has 0 heterocycles. The van der Waals surface area contributed by atoms with Gasteiger partial charge in [-0.05, 0) is 76.5 Å². The van der Waals surface area contributed by atoms with Crippen molar-refractivity contribution in [3.05, 3.63) is 0 Å². The van der Waals surface area contributed by atoms with Crippen molar-refractivity contribution in [2.45, 2.75) is 75.6 Å². The fraction of sp³-hybridized carbons (Fsp3) is 0.857. The van der Waals surface area contributed by atoms with E-state index in [-0.39, 0.29) is 46.2 Å². The maximum atomic E-state index is 12.5. The average Bonchev–Trinajstić information content (AvgIpc) is 2.47. The summed E-state index contributed by atoms with van der Waals surface area (Å²) in [5, 5.41) is 2.81. The minimum absolute atomic E-state index is 0.0339. The van der Waals surface area contributed by atoms with Gasteiger partial charge in [0.05, 0.1) is 13.0 Å². The van der Waals surface area contributed by atoms with Crippen molar-refractivity contribution < 1.29 is 19.1 Å². The van der Waals surface area contributed by atoms with Gasteiger partial charge in [-0.1, -0.05) is 15.9 Å². The Morgan fingerprint density at radius 1 is 1.14 bits per heavy atom. The lowest BCUT2D eigenvalue weighted by molar-refractivity contribution is -0.157. The molecule has 2 unspecified atom stereocenters. The van der Waals surface area contributed by atoms with Crippen LogP contribution in [0.15, 0.2) is 0 Å². The Balaban J connectivity index is 1.45. The number of halogens is 1. The van der Waals surface area contributed by atoms with Gasteiger partial charge in [0, 0.05) is 16.9 Å². The topological polar surface area (TPSA) is 75.7 Å². The van der Waals surface area contributed by atoms with E-state index in [9.17, 15) is 14.4 Å². The molecule has 4 rings (SSSR count). The number of hydrogen-bond acceptors (Lipinski definition) is 4. The fourth-order valence-corrected chi connectivity index (χ4v) is 7.42. The molecule has 158 valence electrons. The molecule has 0 aromatic heterocycles. The van der Waals surface area contributed by atoms with E-state index in [0.717, 1.165) is 19.3 Å². The summed E-state index contributed by atoms with van der Waals surface area (Å²) in [7, 11) is 1.55. The van der Waals surface area contributed by atoms with Crippen LogP contribution in [0.25, 0.3) is 0 Å². The minimum Gasteiger partial charge on any atom is -0.456 e. The molecule has 4 fully saturated rings. The number of rotatable bonds is 6. The molecule has 4 aliphatic carbocycles. The largest absolute Gasteiger partial charge is 0.456 e. The molecule has 0 radical (unpaired) electrons. The Bertz CT molecular complexity index is 643. The van der Waals surface area contributed by atoms with E-state index < -0.39 is 0 Å². The van der Waals surface area contributed by atoms with Crippen LogP contribution < -0.4 is 5.32 Å². The number of amides is 2. The highest BCUT2D eigenvalue weighted by molar-refractivity contribution is 9.10. The fourth-order valence-electron chi connectivity index (χ4n) is 5.91. The Morgan fingerprint density at radius 2 is 1.75 bits per heavy atom. The molecule has 0 aliphatic heterocycles. The van der Waals surface area contributed by atoms with Crippen molar-refractivity contribution in [1.29, 1.82) is 0 Å². The summed E-state index contributed by atoms with van der Waals surface area (Å²) < 4.78 is 5.50. The van der Waals surface area contributed by atoms with Gasteiger partial charge in [0.2, 0.25) is 5.91 Å². The third-order valence-electron chi connectivity index (χ3n) is 6.31. The Labute approximate surface area is 176 Å². The average molecular weight is 457 g/mol. The number of nitrogens with zero attached hydrogens (tertiary/aromatic N) is 1. The number of esters is 1. The van der Waals surface area contributed by atoms with Crippen molar-refractivity contribution >= 4 is 33.7 Å². The van der Waals surface area contributed by atoms with Crippen molar-refractivity contribution in [2.24, 2.45) is 17.3 Å². The van der Waals surface area contributed by atoms with E-state index in [1.807, 2.05) is 20.8 Å². The van der Waals surface area contributed by atoms with Crippen LogP contribution in [-0.2, 0) is 19.1 Å². The number of ether oxygens (including phenoxy) is 1. The van der Waals surface area contributed by atoms with E-state index in [4.69, 9.17) is 4.74 Å². The second-order valence-corrected chi connectivity index (χ2v) is 12.2. The molecule has 4 bridgehead atoms. The molecule has 0 spiro atoms. The van der Waals surface area contributed by atoms with Crippen LogP contribution in [0.4, 0.5) is 0 Å². The van der Waals surface area contributed by atoms with Gasteiger partial charge < -0.3 is 15.0 Å². The standard InChI is InChI=1S/C21H33BrN2O4/c1-19(2,3)23-16(25)11-24(4)17(26)12-28-18(27)10-20-6-14-5-15(7-20)9-21(22,8-14)13-20/h14-15H,5-13H2,1-4H3,(H,23,25). The van der Waals surface area contributed by atoms with Crippen LogP contribution in [-0.4, -0.2) is 52.7 Å². The molecule has 1 N–H and O–H groups in total. The summed E-state index contributed by atoms with van der Waals surface area (Å²) in [4.78, 5) is 37.9. The lowest BCUT2D eigenvalue weighted by atomic mass is 9.49. The van der Waals surface area contributed by atoms with Gasteiger partial charge in [0.25, 0.3) is 5.91 Å². The van der Waals surface area contributed by atoms with Crippen molar-refractivity contribution in [3.63, 3.8) is 0 Å². The van der Waals surface area contributed by atoms with Gasteiger partial charge in [-0.3, -0.25) is 14.4 Å². The zero-order valence-corrected chi connectivity index (χ0v) is 19.1. The molecular formula is C21H33BrN2O4. The lowest BCUT2D eigenvalue weighted by Crippen LogP contribution is -2.53. The lowest BCUT2D eigenvalue weighted by Gasteiger charge is -2.60. The number of alkyl halides is 1. The molecule has 28 heavy (non-hydrogen) atoms. The van der Waals surface area contributed by atoms with Crippen LogP contribution in [0.5, 0.6) is 0 Å². The van der Waals surface area contributed by atoms with E-state index >= 15 is 0 Å². The molecule has 7 heteroatoms. The predicted octanol–water partition coefficient (Wildman–Crippen LogP) is 3.03. The van der Waals surface area contributed by atoms with Crippen LogP contribution >= 0.6 is 15.9 Å². The monoisotopic (exact) mass is 456 g/mol. The molecule has 0 aromatic carbocycles. The minimum atomic E-state index is -0.361. The Hall–Kier alpha value is -1.11. The van der Waals surface area contributed by atoms with E-state index in [1.54, 1.807) is 7.05 Å². The molecule has 0 aromatic rings. The van der Waals surface area contributed by atoms with Crippen molar-refractivity contribution in [3.8, 4) is 0 Å². The number of hydrogen-bond donors (Lipinski definition) is 1. The first-order chi connectivity index (χ1) is 12.9. The quantitative estimate of drug-likeness (QED) is 0.492. The highest BCUT2D eigenvalue weighted by Gasteiger charge is 2.57. The van der Waals surface area contributed by atoms with Gasteiger partial charge in [0.15, 0.2) is 6.61 Å². The van der Waals surface area contributed by atoms with E-state index in [2.05, 4.69) is 21.2 Å². The number of carbonyl (C=O) groups is 3. The van der Waals surface area contributed by atoms with Gasteiger partial charge in [0.1, 0.15) is 0 Å². The third kappa shape index (κ3) is 5.28. The summed E-state index contributed by atoms with van der Waals surface area (Å²) in [6, 6.07) is 0.